The Balaban J connectivity index is 1.05. The normalized spacial score (nSPS) is 34.4. The van der Waals surface area contributed by atoms with Crippen molar-refractivity contribution in [2.45, 2.75) is 104 Å². The summed E-state index contributed by atoms with van der Waals surface area (Å²) in [5.74, 6) is 3.82. The van der Waals surface area contributed by atoms with Crippen molar-refractivity contribution < 1.29 is 28.5 Å². The van der Waals surface area contributed by atoms with Crippen LogP contribution >= 0.6 is 0 Å². The fourth-order valence-electron chi connectivity index (χ4n) is 10.1. The maximum absolute atomic E-state index is 12.6. The van der Waals surface area contributed by atoms with Crippen LogP contribution in [0, 0.1) is 40.4 Å². The third-order valence-corrected chi connectivity index (χ3v) is 12.4. The molecular weight excluding hydrogens is 554 g/mol. The van der Waals surface area contributed by atoms with E-state index in [1.54, 1.807) is 7.11 Å². The second kappa shape index (κ2) is 15.6. The molecule has 1 aromatic rings. The number of nitrogens with one attached hydrogen (secondary N) is 1. The molecule has 8 unspecified atom stereocenters. The molecule has 1 aromatic carbocycles. The molecule has 0 spiro atoms. The van der Waals surface area contributed by atoms with Crippen molar-refractivity contribution in [3.63, 3.8) is 0 Å². The van der Waals surface area contributed by atoms with Crippen molar-refractivity contribution in [1.82, 2.24) is 5.32 Å². The smallest absolute Gasteiger partial charge is 0.306 e. The number of carbonyl (C=O) groups excluding carboxylic acids is 2. The van der Waals surface area contributed by atoms with Gasteiger partial charge in [-0.1, -0.05) is 44.2 Å². The first-order valence-electron chi connectivity index (χ1n) is 17.5. The van der Waals surface area contributed by atoms with Gasteiger partial charge in [0.15, 0.2) is 0 Å². The molecule has 0 aliphatic heterocycles. The number of benzene rings is 1. The van der Waals surface area contributed by atoms with Crippen LogP contribution in [0.4, 0.5) is 0 Å². The van der Waals surface area contributed by atoms with Gasteiger partial charge in [0, 0.05) is 19.6 Å². The Hall–Kier alpha value is -1.96. The number of rotatable bonds is 15. The minimum Gasteiger partial charge on any atom is -0.461 e. The van der Waals surface area contributed by atoms with Gasteiger partial charge in [0.1, 0.15) is 13.2 Å². The molecule has 44 heavy (non-hydrogen) atoms. The molecule has 0 aromatic heterocycles. The summed E-state index contributed by atoms with van der Waals surface area (Å²) in [6.07, 6.45) is 14.0. The van der Waals surface area contributed by atoms with Gasteiger partial charge in [0.05, 0.1) is 26.4 Å². The zero-order chi connectivity index (χ0) is 31.0. The van der Waals surface area contributed by atoms with Crippen molar-refractivity contribution in [3.8, 4) is 0 Å². The molecule has 4 fully saturated rings. The quantitative estimate of drug-likeness (QED) is 0.175. The Morgan fingerprint density at radius 3 is 2.43 bits per heavy atom. The standard InChI is InChI=1S/C37H57NO6/c1-36-19-17-33-31(32(36)15-13-28(36)10-7-11-35(40)44-25-27-8-5-4-6-9-27)14-12-29-24-30(16-18-37(29,33)2)38-34(39)26-43-23-22-42-21-20-41-3/h4-6,8-9,28-33H,7,10-26H2,1-3H3,(H,38,39). The molecule has 4 aliphatic carbocycles. The van der Waals surface area contributed by atoms with E-state index < -0.39 is 0 Å². The minimum absolute atomic E-state index is 0.000863. The van der Waals surface area contributed by atoms with Gasteiger partial charge in [0.2, 0.25) is 5.91 Å². The summed E-state index contributed by atoms with van der Waals surface area (Å²) in [5.41, 5.74) is 1.85. The van der Waals surface area contributed by atoms with Crippen molar-refractivity contribution in [2.75, 3.05) is 40.1 Å². The minimum atomic E-state index is -0.0638. The molecule has 0 radical (unpaired) electrons. The summed E-state index contributed by atoms with van der Waals surface area (Å²) >= 11 is 0. The molecule has 0 heterocycles. The Labute approximate surface area is 265 Å². The van der Waals surface area contributed by atoms with E-state index in [9.17, 15) is 9.59 Å². The number of methoxy groups -OCH3 is 1. The number of esters is 1. The van der Waals surface area contributed by atoms with Gasteiger partial charge >= 0.3 is 5.97 Å². The average Bonchev–Trinajstić information content (AvgIpc) is 3.36. The van der Waals surface area contributed by atoms with Crippen LogP contribution < -0.4 is 5.32 Å². The molecule has 4 saturated carbocycles. The SMILES string of the molecule is COCCOCCOCC(=O)NC1CCC2(C)C(CCC3C4CCC(CCCC(=O)OCc5ccccc5)C4(C)CCC32)C1. The van der Waals surface area contributed by atoms with Gasteiger partial charge in [-0.15, -0.1) is 0 Å². The molecule has 1 N–H and O–H groups in total. The molecule has 0 saturated heterocycles. The van der Waals surface area contributed by atoms with Gasteiger partial charge in [-0.2, -0.15) is 0 Å². The van der Waals surface area contributed by atoms with Crippen molar-refractivity contribution in [1.29, 1.82) is 0 Å². The zero-order valence-corrected chi connectivity index (χ0v) is 27.5. The first kappa shape index (κ1) is 33.4. The van der Waals surface area contributed by atoms with Crippen LogP contribution in [-0.4, -0.2) is 58.1 Å². The molecule has 246 valence electrons. The van der Waals surface area contributed by atoms with Crippen LogP contribution in [-0.2, 0) is 35.1 Å². The number of fused-ring (bicyclic) bond motifs is 5. The van der Waals surface area contributed by atoms with Gasteiger partial charge in [0.25, 0.3) is 0 Å². The summed E-state index contributed by atoms with van der Waals surface area (Å²) in [4.78, 5) is 25.0. The second-order valence-electron chi connectivity index (χ2n) is 14.7. The third kappa shape index (κ3) is 7.87. The average molecular weight is 612 g/mol. The summed E-state index contributed by atoms with van der Waals surface area (Å²) in [6.45, 7) is 7.68. The predicted octanol–water partition coefficient (Wildman–Crippen LogP) is 6.72. The maximum atomic E-state index is 12.6. The topological polar surface area (TPSA) is 83.1 Å². The van der Waals surface area contributed by atoms with E-state index in [0.29, 0.717) is 56.2 Å². The van der Waals surface area contributed by atoms with Gasteiger partial charge in [-0.25, -0.2) is 0 Å². The maximum Gasteiger partial charge on any atom is 0.306 e. The van der Waals surface area contributed by atoms with E-state index in [4.69, 9.17) is 18.9 Å². The third-order valence-electron chi connectivity index (χ3n) is 12.4. The van der Waals surface area contributed by atoms with Crippen molar-refractivity contribution in [3.05, 3.63) is 35.9 Å². The lowest BCUT2D eigenvalue weighted by Crippen LogP contribution is -2.55. The van der Waals surface area contributed by atoms with E-state index in [2.05, 4.69) is 19.2 Å². The van der Waals surface area contributed by atoms with E-state index >= 15 is 0 Å². The number of amides is 1. The number of carbonyl (C=O) groups is 2. The highest BCUT2D eigenvalue weighted by Crippen LogP contribution is 2.67. The highest BCUT2D eigenvalue weighted by Gasteiger charge is 2.59. The largest absolute Gasteiger partial charge is 0.461 e. The molecule has 5 rings (SSSR count). The lowest BCUT2D eigenvalue weighted by atomic mass is 9.44. The molecule has 7 heteroatoms. The summed E-state index contributed by atoms with van der Waals surface area (Å²) in [6, 6.07) is 10.2. The molecule has 4 aliphatic rings. The first-order valence-corrected chi connectivity index (χ1v) is 17.5. The van der Waals surface area contributed by atoms with E-state index in [-0.39, 0.29) is 24.5 Å². The number of hydrogen-bond donors (Lipinski definition) is 1. The van der Waals surface area contributed by atoms with Crippen LogP contribution in [0.3, 0.4) is 0 Å². The molecule has 7 nitrogen and oxygen atoms in total. The summed E-state index contributed by atoms with van der Waals surface area (Å²) in [7, 11) is 1.65. The van der Waals surface area contributed by atoms with Gasteiger partial charge in [-0.05, 0) is 117 Å². The molecular formula is C37H57NO6. The molecule has 1 amide bonds. The lowest BCUT2D eigenvalue weighted by molar-refractivity contribution is -0.145. The first-order chi connectivity index (χ1) is 21.3. The summed E-state index contributed by atoms with van der Waals surface area (Å²) in [5, 5.41) is 3.29. The van der Waals surface area contributed by atoms with Gasteiger partial charge in [-0.3, -0.25) is 9.59 Å². The highest BCUT2D eigenvalue weighted by molar-refractivity contribution is 5.77. The van der Waals surface area contributed by atoms with Crippen molar-refractivity contribution in [2.24, 2.45) is 40.4 Å². The van der Waals surface area contributed by atoms with Crippen LogP contribution in [0.1, 0.15) is 96.5 Å². The van der Waals surface area contributed by atoms with E-state index in [1.807, 2.05) is 30.3 Å². The number of ether oxygens (including phenoxy) is 4. The van der Waals surface area contributed by atoms with Crippen LogP contribution in [0.5, 0.6) is 0 Å². The predicted molar refractivity (Wildman–Crippen MR) is 171 cm³/mol. The zero-order valence-electron chi connectivity index (χ0n) is 27.5. The molecule has 8 atom stereocenters. The van der Waals surface area contributed by atoms with Crippen LogP contribution in [0.15, 0.2) is 30.3 Å². The Bertz CT molecular complexity index is 1070. The second-order valence-corrected chi connectivity index (χ2v) is 14.7. The van der Waals surface area contributed by atoms with Crippen molar-refractivity contribution >= 4 is 11.9 Å². The Morgan fingerprint density at radius 2 is 1.61 bits per heavy atom. The lowest BCUT2D eigenvalue weighted by Gasteiger charge is -2.61. The Morgan fingerprint density at radius 1 is 0.864 bits per heavy atom. The van der Waals surface area contributed by atoms with E-state index in [0.717, 1.165) is 54.9 Å². The monoisotopic (exact) mass is 611 g/mol. The number of hydrogen-bond acceptors (Lipinski definition) is 6. The Kier molecular flexibility index (Phi) is 11.8. The van der Waals surface area contributed by atoms with Gasteiger partial charge < -0.3 is 24.3 Å². The highest BCUT2D eigenvalue weighted by atomic mass is 16.5. The van der Waals surface area contributed by atoms with Crippen LogP contribution in [0.2, 0.25) is 0 Å². The van der Waals surface area contributed by atoms with Crippen LogP contribution in [0.25, 0.3) is 0 Å². The fourth-order valence-corrected chi connectivity index (χ4v) is 10.1. The molecule has 0 bridgehead atoms. The summed E-state index contributed by atoms with van der Waals surface area (Å²) < 4.78 is 21.5. The fraction of sp³-hybridized carbons (Fsp3) is 0.784. The van der Waals surface area contributed by atoms with E-state index in [1.165, 1.54) is 44.9 Å².